The molecular weight excluding hydrogens is 642 g/mol. The summed E-state index contributed by atoms with van der Waals surface area (Å²) in [5, 5.41) is 107. The van der Waals surface area contributed by atoms with Gasteiger partial charge in [-0.25, -0.2) is 0 Å². The quantitative estimate of drug-likeness (QED) is 0.102. The fourth-order valence-corrected chi connectivity index (χ4v) is 6.03. The maximum absolute atomic E-state index is 12.0. The molecule has 0 aliphatic carbocycles. The highest BCUT2D eigenvalue weighted by Crippen LogP contribution is 2.35. The highest BCUT2D eigenvalue weighted by molar-refractivity contribution is 5.73. The van der Waals surface area contributed by atoms with Gasteiger partial charge in [-0.1, -0.05) is 0 Å². The molecule has 274 valence electrons. The van der Waals surface area contributed by atoms with Crippen molar-refractivity contribution < 1.29 is 93.8 Å². The number of amides is 1. The Morgan fingerprint density at radius 1 is 0.574 bits per heavy atom. The van der Waals surface area contributed by atoms with Crippen LogP contribution in [0.2, 0.25) is 0 Å². The third kappa shape index (κ3) is 8.06. The number of carbonyl (C=O) groups excluding carboxylic acids is 1. The first-order chi connectivity index (χ1) is 22.1. The SMILES string of the molecule is CO[C@@H]1O[C@H](CO)[C@@H](O)[C@H](O[C@@H]2O[C@@H](C)[C@H](O[C@H]3O[C@H](CO)[C@@H](O)[C@H](O)[C@H]3O)[C@@H](O[C@@H]3O[C@@H](C)[C@H](O)[C@@H](O)[C@H]3O)[C@H]2O)[C@H]1NC(C)=O. The molecule has 4 fully saturated rings. The first-order valence-electron chi connectivity index (χ1n) is 15.2. The van der Waals surface area contributed by atoms with Gasteiger partial charge in [0.05, 0.1) is 25.4 Å². The topological polar surface area (TPSA) is 305 Å². The summed E-state index contributed by atoms with van der Waals surface area (Å²) in [7, 11) is 1.25. The zero-order valence-electron chi connectivity index (χ0n) is 26.1. The van der Waals surface area contributed by atoms with E-state index >= 15 is 0 Å². The lowest BCUT2D eigenvalue weighted by Crippen LogP contribution is -2.69. The van der Waals surface area contributed by atoms with E-state index in [1.165, 1.54) is 27.9 Å². The molecule has 0 radical (unpaired) electrons. The molecule has 0 saturated carbocycles. The molecule has 0 unspecified atom stereocenters. The van der Waals surface area contributed by atoms with E-state index in [-0.39, 0.29) is 0 Å². The summed E-state index contributed by atoms with van der Waals surface area (Å²) in [5.74, 6) is -0.560. The van der Waals surface area contributed by atoms with E-state index in [0.717, 1.165) is 0 Å². The number of carbonyl (C=O) groups is 1. The number of nitrogens with one attached hydrogen (secondary N) is 1. The van der Waals surface area contributed by atoms with Crippen molar-refractivity contribution in [2.75, 3.05) is 20.3 Å². The van der Waals surface area contributed by atoms with E-state index in [1.807, 2.05) is 0 Å². The molecule has 4 aliphatic rings. The first-order valence-corrected chi connectivity index (χ1v) is 15.2. The summed E-state index contributed by atoms with van der Waals surface area (Å²) >= 11 is 0. The minimum absolute atomic E-state index is 0.560. The fraction of sp³-hybridized carbons (Fsp3) is 0.963. The van der Waals surface area contributed by atoms with Gasteiger partial charge in [0, 0.05) is 14.0 Å². The zero-order valence-corrected chi connectivity index (χ0v) is 26.1. The van der Waals surface area contributed by atoms with Crippen LogP contribution in [0.4, 0.5) is 0 Å². The van der Waals surface area contributed by atoms with Crippen LogP contribution >= 0.6 is 0 Å². The zero-order chi connectivity index (χ0) is 34.9. The van der Waals surface area contributed by atoms with E-state index in [9.17, 15) is 55.9 Å². The Labute approximate surface area is 269 Å². The molecule has 1 amide bonds. The molecule has 0 spiro atoms. The van der Waals surface area contributed by atoms with Crippen LogP contribution in [-0.4, -0.2) is 200 Å². The Hall–Kier alpha value is -1.25. The van der Waals surface area contributed by atoms with Gasteiger partial charge < -0.3 is 94.3 Å². The molecule has 0 aromatic rings. The lowest BCUT2D eigenvalue weighted by atomic mass is 9.94. The Bertz CT molecular complexity index is 1010. The first kappa shape index (κ1) is 38.6. The molecule has 11 N–H and O–H groups in total. The highest BCUT2D eigenvalue weighted by Gasteiger charge is 2.55. The summed E-state index contributed by atoms with van der Waals surface area (Å²) < 4.78 is 45.6. The lowest BCUT2D eigenvalue weighted by molar-refractivity contribution is -0.391. The van der Waals surface area contributed by atoms with Crippen LogP contribution in [-0.2, 0) is 42.7 Å². The van der Waals surface area contributed by atoms with Gasteiger partial charge in [0.1, 0.15) is 85.4 Å². The fourth-order valence-electron chi connectivity index (χ4n) is 6.03. The van der Waals surface area contributed by atoms with Crippen molar-refractivity contribution in [3.8, 4) is 0 Å². The lowest BCUT2D eigenvalue weighted by Gasteiger charge is -2.50. The van der Waals surface area contributed by atoms with Crippen molar-refractivity contribution in [1.82, 2.24) is 5.32 Å². The van der Waals surface area contributed by atoms with Crippen molar-refractivity contribution >= 4 is 5.91 Å². The summed E-state index contributed by atoms with van der Waals surface area (Å²) in [6, 6.07) is -1.19. The van der Waals surface area contributed by atoms with E-state index < -0.39 is 142 Å². The van der Waals surface area contributed by atoms with Crippen LogP contribution in [0.25, 0.3) is 0 Å². The van der Waals surface area contributed by atoms with Crippen molar-refractivity contribution in [2.45, 2.75) is 144 Å². The van der Waals surface area contributed by atoms with Crippen molar-refractivity contribution in [3.63, 3.8) is 0 Å². The standard InChI is InChI=1S/C27H47NO19/c1-7-13(32)16(35)18(37)25(41-7)47-23-20(39)27(46-22-12(28-9(3)31)24(40-4)43-11(6-30)15(22)34)42-8(2)21(23)45-26-19(38)17(36)14(33)10(5-29)44-26/h7-8,10-27,29-30,32-39H,5-6H2,1-4H3,(H,28,31)/t7-,8-,10+,11+,12+,13-,14+,15+,16+,17-,18+,19+,20+,21-,22+,23-,24+,25-,26+,27-/m0/s1. The maximum atomic E-state index is 12.0. The number of hydrogen-bond donors (Lipinski definition) is 11. The number of aliphatic hydroxyl groups is 10. The molecule has 4 rings (SSSR count). The molecule has 20 nitrogen and oxygen atoms in total. The third-order valence-electron chi connectivity index (χ3n) is 8.74. The van der Waals surface area contributed by atoms with Crippen LogP contribution in [0.3, 0.4) is 0 Å². The van der Waals surface area contributed by atoms with E-state index in [4.69, 9.17) is 37.9 Å². The Balaban J connectivity index is 1.64. The van der Waals surface area contributed by atoms with E-state index in [1.54, 1.807) is 0 Å². The molecule has 47 heavy (non-hydrogen) atoms. The largest absolute Gasteiger partial charge is 0.394 e. The third-order valence-corrected chi connectivity index (χ3v) is 8.74. The van der Waals surface area contributed by atoms with Crippen LogP contribution in [0, 0.1) is 0 Å². The van der Waals surface area contributed by atoms with Crippen LogP contribution < -0.4 is 5.32 Å². The number of methoxy groups -OCH3 is 1. The van der Waals surface area contributed by atoms with Gasteiger partial charge in [0.15, 0.2) is 25.2 Å². The normalized spacial score (nSPS) is 51.0. The van der Waals surface area contributed by atoms with Gasteiger partial charge in [0.2, 0.25) is 5.91 Å². The monoisotopic (exact) mass is 689 g/mol. The molecule has 0 aromatic carbocycles. The molecule has 4 saturated heterocycles. The van der Waals surface area contributed by atoms with Gasteiger partial charge in [-0.05, 0) is 13.8 Å². The molecule has 20 heteroatoms. The summed E-state index contributed by atoms with van der Waals surface area (Å²) in [6.45, 7) is 2.57. The van der Waals surface area contributed by atoms with Crippen LogP contribution in [0.1, 0.15) is 20.8 Å². The van der Waals surface area contributed by atoms with E-state index in [2.05, 4.69) is 5.32 Å². The molecular formula is C27H47NO19. The number of rotatable bonds is 10. The average molecular weight is 690 g/mol. The average Bonchev–Trinajstić information content (AvgIpc) is 3.03. The van der Waals surface area contributed by atoms with Gasteiger partial charge in [-0.15, -0.1) is 0 Å². The van der Waals surface area contributed by atoms with Gasteiger partial charge in [-0.2, -0.15) is 0 Å². The predicted octanol–water partition coefficient (Wildman–Crippen LogP) is -6.90. The summed E-state index contributed by atoms with van der Waals surface area (Å²) in [6.07, 6.45) is -29.6. The molecule has 4 heterocycles. The second-order valence-corrected chi connectivity index (χ2v) is 12.1. The van der Waals surface area contributed by atoms with Gasteiger partial charge in [-0.3, -0.25) is 4.79 Å². The molecule has 0 aromatic heterocycles. The van der Waals surface area contributed by atoms with Crippen molar-refractivity contribution in [1.29, 1.82) is 0 Å². The molecule has 20 atom stereocenters. The Morgan fingerprint density at radius 2 is 1.04 bits per heavy atom. The minimum atomic E-state index is -1.90. The van der Waals surface area contributed by atoms with Crippen molar-refractivity contribution in [3.05, 3.63) is 0 Å². The summed E-state index contributed by atoms with van der Waals surface area (Å²) in [4.78, 5) is 12.0. The Kier molecular flexibility index (Phi) is 13.3. The number of hydrogen-bond acceptors (Lipinski definition) is 19. The van der Waals surface area contributed by atoms with Gasteiger partial charge in [0.25, 0.3) is 0 Å². The Morgan fingerprint density at radius 3 is 1.62 bits per heavy atom. The van der Waals surface area contributed by atoms with Crippen LogP contribution in [0.15, 0.2) is 0 Å². The number of ether oxygens (including phenoxy) is 8. The molecule has 0 bridgehead atoms. The van der Waals surface area contributed by atoms with E-state index in [0.29, 0.717) is 0 Å². The molecule has 4 aliphatic heterocycles. The second kappa shape index (κ2) is 16.2. The highest BCUT2D eigenvalue weighted by atomic mass is 16.8. The van der Waals surface area contributed by atoms with Gasteiger partial charge >= 0.3 is 0 Å². The van der Waals surface area contributed by atoms with Crippen LogP contribution in [0.5, 0.6) is 0 Å². The van der Waals surface area contributed by atoms with Crippen molar-refractivity contribution in [2.24, 2.45) is 0 Å². The smallest absolute Gasteiger partial charge is 0.217 e. The number of aliphatic hydroxyl groups excluding tert-OH is 10. The maximum Gasteiger partial charge on any atom is 0.217 e. The second-order valence-electron chi connectivity index (χ2n) is 12.1. The summed E-state index contributed by atoms with van der Waals surface area (Å²) in [5.41, 5.74) is 0. The predicted molar refractivity (Wildman–Crippen MR) is 147 cm³/mol. The minimum Gasteiger partial charge on any atom is -0.394 e.